The first kappa shape index (κ1) is 17.8. The first-order valence-electron chi connectivity index (χ1n) is 9.09. The summed E-state index contributed by atoms with van der Waals surface area (Å²) >= 11 is 0. The van der Waals surface area contributed by atoms with Crippen LogP contribution in [-0.2, 0) is 16.0 Å². The average molecular weight is 376 g/mol. The maximum absolute atomic E-state index is 12.8. The number of anilines is 1. The number of fused-ring (bicyclic) bond motifs is 1. The van der Waals surface area contributed by atoms with Crippen molar-refractivity contribution in [3.63, 3.8) is 0 Å². The van der Waals surface area contributed by atoms with Crippen LogP contribution in [0.3, 0.4) is 0 Å². The fraction of sp³-hybridized carbons (Fsp3) is 0.250. The number of rotatable bonds is 4. The molecule has 142 valence electrons. The van der Waals surface area contributed by atoms with E-state index >= 15 is 0 Å². The van der Waals surface area contributed by atoms with Gasteiger partial charge in [0, 0.05) is 19.7 Å². The second kappa shape index (κ2) is 7.59. The van der Waals surface area contributed by atoms with Gasteiger partial charge in [0.05, 0.1) is 24.3 Å². The molecule has 1 atom stereocenters. The van der Waals surface area contributed by atoms with E-state index < -0.39 is 0 Å². The lowest BCUT2D eigenvalue weighted by molar-refractivity contribution is -0.132. The largest absolute Gasteiger partial charge is 0.335 e. The Bertz CT molecular complexity index is 1000. The second-order valence-electron chi connectivity index (χ2n) is 6.67. The molecule has 0 radical (unpaired) electrons. The minimum Gasteiger partial charge on any atom is -0.335 e. The van der Waals surface area contributed by atoms with Gasteiger partial charge in [-0.3, -0.25) is 24.5 Å². The van der Waals surface area contributed by atoms with E-state index in [9.17, 15) is 9.59 Å². The van der Waals surface area contributed by atoms with Crippen LogP contribution >= 0.6 is 0 Å². The van der Waals surface area contributed by atoms with Crippen molar-refractivity contribution in [2.75, 3.05) is 11.9 Å². The topological polar surface area (TPSA) is 93.0 Å². The van der Waals surface area contributed by atoms with Crippen molar-refractivity contribution < 1.29 is 9.59 Å². The molecule has 0 fully saturated rings. The minimum absolute atomic E-state index is 0.0363. The third-order valence-corrected chi connectivity index (χ3v) is 4.92. The zero-order valence-electron chi connectivity index (χ0n) is 15.4. The van der Waals surface area contributed by atoms with Crippen molar-refractivity contribution in [3.8, 4) is 5.69 Å². The van der Waals surface area contributed by atoms with E-state index in [1.54, 1.807) is 27.9 Å². The number of benzene rings is 1. The monoisotopic (exact) mass is 376 g/mol. The Morgan fingerprint density at radius 1 is 1.21 bits per heavy atom. The van der Waals surface area contributed by atoms with E-state index in [0.717, 1.165) is 17.7 Å². The molecule has 2 amide bonds. The summed E-state index contributed by atoms with van der Waals surface area (Å²) in [5.41, 5.74) is 2.94. The molecule has 0 spiro atoms. The van der Waals surface area contributed by atoms with Crippen molar-refractivity contribution >= 4 is 17.8 Å². The molecule has 1 N–H and O–H groups in total. The molecule has 0 saturated carbocycles. The number of aromatic nitrogens is 4. The van der Waals surface area contributed by atoms with Crippen LogP contribution < -0.4 is 5.32 Å². The molecule has 28 heavy (non-hydrogen) atoms. The normalized spacial score (nSPS) is 15.8. The van der Waals surface area contributed by atoms with Crippen molar-refractivity contribution in [2.24, 2.45) is 0 Å². The summed E-state index contributed by atoms with van der Waals surface area (Å²) < 4.78 is 1.66. The Balaban J connectivity index is 1.55. The van der Waals surface area contributed by atoms with Crippen LogP contribution in [0.1, 0.15) is 30.5 Å². The predicted molar refractivity (Wildman–Crippen MR) is 103 cm³/mol. The molecular weight excluding hydrogens is 356 g/mol. The molecule has 3 heterocycles. The zero-order chi connectivity index (χ0) is 19.5. The van der Waals surface area contributed by atoms with E-state index in [4.69, 9.17) is 0 Å². The second-order valence-corrected chi connectivity index (χ2v) is 6.67. The molecule has 1 aliphatic rings. The first-order chi connectivity index (χ1) is 13.6. The molecule has 2 aromatic heterocycles. The van der Waals surface area contributed by atoms with Crippen LogP contribution in [-0.4, -0.2) is 43.0 Å². The van der Waals surface area contributed by atoms with Crippen molar-refractivity contribution in [1.29, 1.82) is 0 Å². The van der Waals surface area contributed by atoms with Crippen LogP contribution in [0.4, 0.5) is 5.95 Å². The predicted octanol–water partition coefficient (Wildman–Crippen LogP) is 2.14. The number of pyridine rings is 1. The number of nitrogens with zero attached hydrogens (tertiary/aromatic N) is 5. The van der Waals surface area contributed by atoms with E-state index in [0.29, 0.717) is 12.5 Å². The summed E-state index contributed by atoms with van der Waals surface area (Å²) in [6.45, 7) is 2.15. The molecule has 0 aliphatic carbocycles. The van der Waals surface area contributed by atoms with Crippen LogP contribution in [0.25, 0.3) is 5.69 Å². The standard InChI is InChI=1S/C20H20N6O2/c1-14(27)25-10-8-15-5-2-3-7-17(15)18(25)11-19(28)23-20-24-22-13-26(20)16-6-4-9-21-12-16/h2-7,9,12-13,18H,8,10-11H2,1H3,(H,23,24,28). The Hall–Kier alpha value is -3.55. The smallest absolute Gasteiger partial charge is 0.235 e. The number of hydrogen-bond donors (Lipinski definition) is 1. The fourth-order valence-corrected chi connectivity index (χ4v) is 3.61. The molecule has 8 nitrogen and oxygen atoms in total. The van der Waals surface area contributed by atoms with Gasteiger partial charge in [-0.2, -0.15) is 0 Å². The third-order valence-electron chi connectivity index (χ3n) is 4.92. The van der Waals surface area contributed by atoms with Crippen LogP contribution in [0.5, 0.6) is 0 Å². The van der Waals surface area contributed by atoms with E-state index in [2.05, 4.69) is 26.6 Å². The minimum atomic E-state index is -0.294. The Kier molecular flexibility index (Phi) is 4.84. The van der Waals surface area contributed by atoms with Gasteiger partial charge >= 0.3 is 0 Å². The van der Waals surface area contributed by atoms with Gasteiger partial charge in [0.15, 0.2) is 0 Å². The molecule has 8 heteroatoms. The molecule has 3 aromatic rings. The van der Waals surface area contributed by atoms with Crippen molar-refractivity contribution in [2.45, 2.75) is 25.8 Å². The van der Waals surface area contributed by atoms with E-state index in [1.165, 1.54) is 18.8 Å². The average Bonchev–Trinajstić information content (AvgIpc) is 3.16. The quantitative estimate of drug-likeness (QED) is 0.753. The molecule has 0 saturated heterocycles. The molecule has 4 rings (SSSR count). The number of amides is 2. The number of carbonyl (C=O) groups excluding carboxylic acids is 2. The van der Waals surface area contributed by atoms with Crippen LogP contribution in [0.2, 0.25) is 0 Å². The van der Waals surface area contributed by atoms with Gasteiger partial charge in [0.2, 0.25) is 17.8 Å². The molecule has 1 aliphatic heterocycles. The summed E-state index contributed by atoms with van der Waals surface area (Å²) in [5.74, 6) is 0.0494. The van der Waals surface area contributed by atoms with Crippen molar-refractivity contribution in [3.05, 3.63) is 66.2 Å². The van der Waals surface area contributed by atoms with E-state index in [1.807, 2.05) is 24.3 Å². The zero-order valence-corrected chi connectivity index (χ0v) is 15.4. The maximum atomic E-state index is 12.8. The summed E-state index contributed by atoms with van der Waals surface area (Å²) in [6.07, 6.45) is 5.79. The highest BCUT2D eigenvalue weighted by molar-refractivity contribution is 5.90. The lowest BCUT2D eigenvalue weighted by atomic mass is 9.90. The van der Waals surface area contributed by atoms with Gasteiger partial charge in [-0.05, 0) is 29.7 Å². The van der Waals surface area contributed by atoms with E-state index in [-0.39, 0.29) is 24.3 Å². The Labute approximate surface area is 162 Å². The number of nitrogens with one attached hydrogen (secondary N) is 1. The first-order valence-corrected chi connectivity index (χ1v) is 9.09. The maximum Gasteiger partial charge on any atom is 0.235 e. The van der Waals surface area contributed by atoms with Crippen molar-refractivity contribution in [1.82, 2.24) is 24.6 Å². The summed E-state index contributed by atoms with van der Waals surface area (Å²) in [4.78, 5) is 30.7. The molecule has 0 bridgehead atoms. The number of carbonyl (C=O) groups is 2. The highest BCUT2D eigenvalue weighted by atomic mass is 16.2. The van der Waals surface area contributed by atoms with Gasteiger partial charge in [0.1, 0.15) is 6.33 Å². The highest BCUT2D eigenvalue weighted by Gasteiger charge is 2.30. The van der Waals surface area contributed by atoms with Gasteiger partial charge < -0.3 is 4.90 Å². The summed E-state index contributed by atoms with van der Waals surface area (Å²) in [5, 5.41) is 10.7. The van der Waals surface area contributed by atoms with Gasteiger partial charge in [0.25, 0.3) is 0 Å². The molecule has 1 aromatic carbocycles. The lowest BCUT2D eigenvalue weighted by Crippen LogP contribution is -2.40. The van der Waals surface area contributed by atoms with Gasteiger partial charge in [-0.25, -0.2) is 0 Å². The van der Waals surface area contributed by atoms with Gasteiger partial charge in [-0.15, -0.1) is 10.2 Å². The SMILES string of the molecule is CC(=O)N1CCc2ccccc2C1CC(=O)Nc1nncn1-c1cccnc1. The number of hydrogen-bond acceptors (Lipinski definition) is 5. The molecule has 1 unspecified atom stereocenters. The highest BCUT2D eigenvalue weighted by Crippen LogP contribution is 2.32. The molecular formula is C20H20N6O2. The fourth-order valence-electron chi connectivity index (χ4n) is 3.61. The summed E-state index contributed by atoms with van der Waals surface area (Å²) in [7, 11) is 0. The van der Waals surface area contributed by atoms with Crippen LogP contribution in [0, 0.1) is 0 Å². The third kappa shape index (κ3) is 3.48. The van der Waals surface area contributed by atoms with Gasteiger partial charge in [-0.1, -0.05) is 24.3 Å². The lowest BCUT2D eigenvalue weighted by Gasteiger charge is -2.36. The Morgan fingerprint density at radius 2 is 2.07 bits per heavy atom. The van der Waals surface area contributed by atoms with Crippen LogP contribution in [0.15, 0.2) is 55.1 Å². The Morgan fingerprint density at radius 3 is 2.86 bits per heavy atom. The summed E-state index contributed by atoms with van der Waals surface area (Å²) in [6, 6.07) is 11.3.